The third kappa shape index (κ3) is 2.68. The van der Waals surface area contributed by atoms with E-state index < -0.39 is 5.82 Å². The van der Waals surface area contributed by atoms with Crippen molar-refractivity contribution in [3.05, 3.63) is 34.6 Å². The molecule has 0 heterocycles. The van der Waals surface area contributed by atoms with Crippen LogP contribution in [0.1, 0.15) is 24.4 Å². The van der Waals surface area contributed by atoms with E-state index in [1.165, 1.54) is 6.07 Å². The van der Waals surface area contributed by atoms with Gasteiger partial charge < -0.3 is 10.4 Å². The van der Waals surface area contributed by atoms with Crippen LogP contribution in [-0.4, -0.2) is 17.8 Å². The standard InChI is InChI=1S/C11H13ClFNO/c12-9-5-7(1-4-10(9)13)11(6-15)14-8-2-3-8/h1,4-5,8,11,14-15H,2-3,6H2. The van der Waals surface area contributed by atoms with Gasteiger partial charge in [0.05, 0.1) is 17.7 Å². The highest BCUT2D eigenvalue weighted by molar-refractivity contribution is 6.30. The molecule has 0 spiro atoms. The second-order valence-electron chi connectivity index (χ2n) is 3.85. The van der Waals surface area contributed by atoms with E-state index in [1.807, 2.05) is 0 Å². The molecule has 0 aliphatic heterocycles. The van der Waals surface area contributed by atoms with Crippen molar-refractivity contribution in [2.24, 2.45) is 0 Å². The summed E-state index contributed by atoms with van der Waals surface area (Å²) in [5, 5.41) is 12.6. The third-order valence-corrected chi connectivity index (χ3v) is 2.83. The molecule has 0 bridgehead atoms. The highest BCUT2D eigenvalue weighted by atomic mass is 35.5. The molecule has 0 aromatic heterocycles. The lowest BCUT2D eigenvalue weighted by Gasteiger charge is -2.16. The summed E-state index contributed by atoms with van der Waals surface area (Å²) in [6, 6.07) is 4.89. The zero-order valence-electron chi connectivity index (χ0n) is 8.21. The van der Waals surface area contributed by atoms with Crippen LogP contribution in [0.2, 0.25) is 5.02 Å². The van der Waals surface area contributed by atoms with Gasteiger partial charge in [-0.1, -0.05) is 17.7 Å². The zero-order chi connectivity index (χ0) is 10.8. The second-order valence-corrected chi connectivity index (χ2v) is 4.26. The Bertz CT molecular complexity index is 354. The van der Waals surface area contributed by atoms with Crippen molar-refractivity contribution in [1.82, 2.24) is 5.32 Å². The fraction of sp³-hybridized carbons (Fsp3) is 0.455. The van der Waals surface area contributed by atoms with E-state index in [4.69, 9.17) is 11.6 Å². The summed E-state index contributed by atoms with van der Waals surface area (Å²) >= 11 is 5.68. The average molecular weight is 230 g/mol. The van der Waals surface area contributed by atoms with Gasteiger partial charge in [0.1, 0.15) is 5.82 Å². The fourth-order valence-electron chi connectivity index (χ4n) is 1.52. The Balaban J connectivity index is 2.13. The predicted molar refractivity (Wildman–Crippen MR) is 57.4 cm³/mol. The van der Waals surface area contributed by atoms with Gasteiger partial charge in [0.2, 0.25) is 0 Å². The maximum atomic E-state index is 12.9. The molecule has 1 saturated carbocycles. The normalized spacial score (nSPS) is 17.8. The van der Waals surface area contributed by atoms with E-state index in [2.05, 4.69) is 5.32 Å². The molecule has 1 unspecified atom stereocenters. The maximum absolute atomic E-state index is 12.9. The monoisotopic (exact) mass is 229 g/mol. The molecule has 2 rings (SSSR count). The lowest BCUT2D eigenvalue weighted by Crippen LogP contribution is -2.26. The van der Waals surface area contributed by atoms with Crippen molar-refractivity contribution in [2.75, 3.05) is 6.61 Å². The molecule has 4 heteroatoms. The first-order chi connectivity index (χ1) is 7.20. The molecule has 15 heavy (non-hydrogen) atoms. The van der Waals surface area contributed by atoms with Gasteiger partial charge in [-0.2, -0.15) is 0 Å². The Morgan fingerprint density at radius 2 is 2.27 bits per heavy atom. The molecule has 1 aromatic carbocycles. The van der Waals surface area contributed by atoms with E-state index in [0.29, 0.717) is 6.04 Å². The molecule has 0 radical (unpaired) electrons. The minimum Gasteiger partial charge on any atom is -0.394 e. The van der Waals surface area contributed by atoms with Gasteiger partial charge in [-0.05, 0) is 30.5 Å². The summed E-state index contributed by atoms with van der Waals surface area (Å²) in [5.41, 5.74) is 0.829. The molecule has 1 aliphatic rings. The first-order valence-electron chi connectivity index (χ1n) is 5.02. The van der Waals surface area contributed by atoms with Crippen LogP contribution in [0.25, 0.3) is 0 Å². The van der Waals surface area contributed by atoms with Crippen molar-refractivity contribution < 1.29 is 9.50 Å². The smallest absolute Gasteiger partial charge is 0.141 e. The number of aliphatic hydroxyl groups excluding tert-OH is 1. The molecule has 1 fully saturated rings. The molecular formula is C11H13ClFNO. The Kier molecular flexibility index (Phi) is 3.24. The van der Waals surface area contributed by atoms with Crippen molar-refractivity contribution in [2.45, 2.75) is 24.9 Å². The van der Waals surface area contributed by atoms with Gasteiger partial charge in [-0.15, -0.1) is 0 Å². The predicted octanol–water partition coefficient (Wildman–Crippen LogP) is 2.26. The summed E-state index contributed by atoms with van der Waals surface area (Å²) in [6.07, 6.45) is 2.29. The minimum absolute atomic E-state index is 0.00153. The molecule has 2 N–H and O–H groups in total. The number of benzene rings is 1. The van der Waals surface area contributed by atoms with Gasteiger partial charge in [0, 0.05) is 6.04 Å². The Labute approximate surface area is 93.1 Å². The van der Waals surface area contributed by atoms with Crippen molar-refractivity contribution >= 4 is 11.6 Å². The average Bonchev–Trinajstić information content (AvgIpc) is 3.02. The molecule has 1 aromatic rings. The first kappa shape index (κ1) is 10.9. The van der Waals surface area contributed by atoms with Gasteiger partial charge in [0.25, 0.3) is 0 Å². The first-order valence-corrected chi connectivity index (χ1v) is 5.40. The van der Waals surface area contributed by atoms with Crippen LogP contribution in [-0.2, 0) is 0 Å². The lowest BCUT2D eigenvalue weighted by molar-refractivity contribution is 0.243. The van der Waals surface area contributed by atoms with Crippen molar-refractivity contribution in [1.29, 1.82) is 0 Å². The SMILES string of the molecule is OCC(NC1CC1)c1ccc(F)c(Cl)c1. The number of rotatable bonds is 4. The Hall–Kier alpha value is -0.640. The van der Waals surface area contributed by atoms with E-state index in [9.17, 15) is 9.50 Å². The van der Waals surface area contributed by atoms with Gasteiger partial charge in [-0.3, -0.25) is 0 Å². The summed E-state index contributed by atoms with van der Waals surface area (Å²) in [4.78, 5) is 0. The highest BCUT2D eigenvalue weighted by Crippen LogP contribution is 2.26. The van der Waals surface area contributed by atoms with Gasteiger partial charge in [-0.25, -0.2) is 4.39 Å². The number of nitrogens with one attached hydrogen (secondary N) is 1. The van der Waals surface area contributed by atoms with Crippen LogP contribution in [0.3, 0.4) is 0 Å². The maximum Gasteiger partial charge on any atom is 0.141 e. The van der Waals surface area contributed by atoms with Crippen LogP contribution in [0, 0.1) is 5.82 Å². The number of hydrogen-bond acceptors (Lipinski definition) is 2. The van der Waals surface area contributed by atoms with E-state index in [0.717, 1.165) is 18.4 Å². The van der Waals surface area contributed by atoms with Crippen LogP contribution < -0.4 is 5.32 Å². The van der Waals surface area contributed by atoms with Crippen molar-refractivity contribution in [3.8, 4) is 0 Å². The summed E-state index contributed by atoms with van der Waals surface area (Å²) < 4.78 is 12.9. The summed E-state index contributed by atoms with van der Waals surface area (Å²) in [7, 11) is 0. The van der Waals surface area contributed by atoms with Crippen molar-refractivity contribution in [3.63, 3.8) is 0 Å². The minimum atomic E-state index is -0.427. The Morgan fingerprint density at radius 3 is 2.80 bits per heavy atom. The third-order valence-electron chi connectivity index (χ3n) is 2.54. The molecule has 2 nitrogen and oxygen atoms in total. The molecule has 1 aliphatic carbocycles. The highest BCUT2D eigenvalue weighted by Gasteiger charge is 2.25. The van der Waals surface area contributed by atoms with Gasteiger partial charge >= 0.3 is 0 Å². The molecule has 82 valence electrons. The molecular weight excluding hydrogens is 217 g/mol. The number of halogens is 2. The van der Waals surface area contributed by atoms with Crippen LogP contribution in [0.15, 0.2) is 18.2 Å². The van der Waals surface area contributed by atoms with Crippen LogP contribution in [0.4, 0.5) is 4.39 Å². The molecule has 0 saturated heterocycles. The lowest BCUT2D eigenvalue weighted by atomic mass is 10.1. The van der Waals surface area contributed by atoms with E-state index in [-0.39, 0.29) is 17.7 Å². The topological polar surface area (TPSA) is 32.3 Å². The van der Waals surface area contributed by atoms with Crippen LogP contribution >= 0.6 is 11.6 Å². The number of aliphatic hydroxyl groups is 1. The quantitative estimate of drug-likeness (QED) is 0.830. The fourth-order valence-corrected chi connectivity index (χ4v) is 1.71. The van der Waals surface area contributed by atoms with E-state index in [1.54, 1.807) is 12.1 Å². The van der Waals surface area contributed by atoms with Crippen LogP contribution in [0.5, 0.6) is 0 Å². The number of hydrogen-bond donors (Lipinski definition) is 2. The summed E-state index contributed by atoms with van der Waals surface area (Å²) in [6.45, 7) is -0.00153. The van der Waals surface area contributed by atoms with Gasteiger partial charge in [0.15, 0.2) is 0 Å². The summed E-state index contributed by atoms with van der Waals surface area (Å²) in [5.74, 6) is -0.427. The second kappa shape index (κ2) is 4.47. The molecule has 0 amide bonds. The zero-order valence-corrected chi connectivity index (χ0v) is 8.97. The molecule has 1 atom stereocenters. The Morgan fingerprint density at radius 1 is 1.53 bits per heavy atom. The largest absolute Gasteiger partial charge is 0.394 e. The van der Waals surface area contributed by atoms with E-state index >= 15 is 0 Å².